The number of para-hydroxylation sites is 2. The molecule has 3 rings (SSSR count). The van der Waals surface area contributed by atoms with Crippen LogP contribution in [0, 0.1) is 0 Å². The summed E-state index contributed by atoms with van der Waals surface area (Å²) < 4.78 is 7.50. The quantitative estimate of drug-likeness (QED) is 0.445. The Morgan fingerprint density at radius 2 is 1.73 bits per heavy atom. The van der Waals surface area contributed by atoms with E-state index in [-0.39, 0.29) is 24.1 Å². The highest BCUT2D eigenvalue weighted by Crippen LogP contribution is 2.24. The van der Waals surface area contributed by atoms with Crippen molar-refractivity contribution in [2.24, 2.45) is 0 Å². The number of hydrogen-bond acceptors (Lipinski definition) is 5. The maximum absolute atomic E-state index is 13.4. The van der Waals surface area contributed by atoms with Gasteiger partial charge in [0.15, 0.2) is 6.61 Å². The van der Waals surface area contributed by atoms with Gasteiger partial charge in [-0.25, -0.2) is 4.98 Å². The lowest BCUT2D eigenvalue weighted by Gasteiger charge is -2.33. The number of rotatable bonds is 11. The Bertz CT molecular complexity index is 1110. The summed E-state index contributed by atoms with van der Waals surface area (Å²) in [5.74, 6) is 1.16. The van der Waals surface area contributed by atoms with Gasteiger partial charge in [-0.15, -0.1) is 0 Å². The Kier molecular flexibility index (Phi) is 8.60. The fourth-order valence-corrected chi connectivity index (χ4v) is 3.93. The van der Waals surface area contributed by atoms with Crippen LogP contribution in [-0.4, -0.2) is 59.0 Å². The van der Waals surface area contributed by atoms with Gasteiger partial charge < -0.3 is 14.5 Å². The van der Waals surface area contributed by atoms with Gasteiger partial charge in [-0.1, -0.05) is 44.2 Å². The van der Waals surface area contributed by atoms with Crippen LogP contribution in [0.1, 0.15) is 38.6 Å². The minimum atomic E-state index is -0.333. The average molecular weight is 451 g/mol. The number of ether oxygens (including phenoxy) is 1. The second-order valence-electron chi connectivity index (χ2n) is 8.36. The van der Waals surface area contributed by atoms with Crippen molar-refractivity contribution in [3.63, 3.8) is 0 Å². The highest BCUT2D eigenvalue weighted by Gasteiger charge is 2.28. The molecule has 0 aliphatic rings. The van der Waals surface area contributed by atoms with Crippen LogP contribution in [0.4, 0.5) is 0 Å². The molecule has 0 spiro atoms. The molecular weight excluding hydrogens is 416 g/mol. The number of fused-ring (bicyclic) bond motifs is 1. The van der Waals surface area contributed by atoms with Gasteiger partial charge in [0.2, 0.25) is 0 Å². The van der Waals surface area contributed by atoms with Gasteiger partial charge in [-0.2, -0.15) is 0 Å². The molecule has 0 bridgehead atoms. The van der Waals surface area contributed by atoms with E-state index in [1.165, 1.54) is 0 Å². The van der Waals surface area contributed by atoms with E-state index in [1.807, 2.05) is 92.3 Å². The van der Waals surface area contributed by atoms with E-state index in [0.717, 1.165) is 6.42 Å². The molecule has 1 unspecified atom stereocenters. The molecule has 3 aromatic rings. The SMILES string of the molecule is CCCn1c(C(CC)N(CCN(C)C)C(=O)COc2ccccc2)nc2ccccc2c1=O. The first kappa shape index (κ1) is 24.5. The number of likely N-dealkylation sites (N-methyl/N-ethyl adjacent to an activating group) is 1. The lowest BCUT2D eigenvalue weighted by molar-refractivity contribution is -0.136. The van der Waals surface area contributed by atoms with Crippen molar-refractivity contribution in [1.82, 2.24) is 19.4 Å². The fraction of sp³-hybridized carbons (Fsp3) is 0.423. The monoisotopic (exact) mass is 450 g/mol. The Morgan fingerprint density at radius 3 is 2.39 bits per heavy atom. The summed E-state index contributed by atoms with van der Waals surface area (Å²) in [4.78, 5) is 35.4. The highest BCUT2D eigenvalue weighted by atomic mass is 16.5. The molecule has 1 heterocycles. The van der Waals surface area contributed by atoms with E-state index >= 15 is 0 Å². The first-order valence-electron chi connectivity index (χ1n) is 11.6. The van der Waals surface area contributed by atoms with Crippen molar-refractivity contribution < 1.29 is 9.53 Å². The van der Waals surface area contributed by atoms with Crippen LogP contribution in [0.15, 0.2) is 59.4 Å². The van der Waals surface area contributed by atoms with Gasteiger partial charge in [-0.05, 0) is 51.2 Å². The molecule has 0 N–H and O–H groups in total. The lowest BCUT2D eigenvalue weighted by atomic mass is 10.1. The molecule has 0 fully saturated rings. The maximum Gasteiger partial charge on any atom is 0.261 e. The molecule has 0 saturated heterocycles. The first-order valence-corrected chi connectivity index (χ1v) is 11.6. The molecule has 1 atom stereocenters. The van der Waals surface area contributed by atoms with E-state index in [2.05, 4.69) is 0 Å². The number of benzene rings is 2. The summed E-state index contributed by atoms with van der Waals surface area (Å²) in [6, 6.07) is 16.4. The molecule has 7 heteroatoms. The predicted molar refractivity (Wildman–Crippen MR) is 132 cm³/mol. The van der Waals surface area contributed by atoms with Crippen LogP contribution in [0.3, 0.4) is 0 Å². The molecule has 0 radical (unpaired) electrons. The van der Waals surface area contributed by atoms with Crippen molar-refractivity contribution in [3.05, 3.63) is 70.8 Å². The lowest BCUT2D eigenvalue weighted by Crippen LogP contribution is -2.44. The maximum atomic E-state index is 13.4. The molecule has 7 nitrogen and oxygen atoms in total. The third-order valence-corrected chi connectivity index (χ3v) is 5.61. The van der Waals surface area contributed by atoms with Crippen molar-refractivity contribution in [1.29, 1.82) is 0 Å². The minimum Gasteiger partial charge on any atom is -0.484 e. The molecule has 0 aliphatic carbocycles. The van der Waals surface area contributed by atoms with Crippen molar-refractivity contribution in [3.8, 4) is 5.75 Å². The van der Waals surface area contributed by atoms with E-state index in [1.54, 1.807) is 4.57 Å². The first-order chi connectivity index (χ1) is 16.0. The summed E-state index contributed by atoms with van der Waals surface area (Å²) in [5.41, 5.74) is 0.597. The van der Waals surface area contributed by atoms with Crippen molar-refractivity contribution in [2.75, 3.05) is 33.8 Å². The number of carbonyl (C=O) groups excluding carboxylic acids is 1. The van der Waals surface area contributed by atoms with E-state index in [9.17, 15) is 9.59 Å². The number of nitrogens with zero attached hydrogens (tertiary/aromatic N) is 4. The van der Waals surface area contributed by atoms with E-state index < -0.39 is 0 Å². The van der Waals surface area contributed by atoms with Crippen molar-refractivity contribution >= 4 is 16.8 Å². The Hall–Kier alpha value is -3.19. The zero-order valence-corrected chi connectivity index (χ0v) is 20.0. The molecule has 0 aliphatic heterocycles. The normalized spacial score (nSPS) is 12.2. The van der Waals surface area contributed by atoms with Gasteiger partial charge in [0.05, 0.1) is 16.9 Å². The second kappa shape index (κ2) is 11.6. The minimum absolute atomic E-state index is 0.0588. The smallest absolute Gasteiger partial charge is 0.261 e. The van der Waals surface area contributed by atoms with Crippen LogP contribution in [-0.2, 0) is 11.3 Å². The van der Waals surface area contributed by atoms with Crippen LogP contribution in [0.5, 0.6) is 5.75 Å². The molecule has 176 valence electrons. The van der Waals surface area contributed by atoms with Gasteiger partial charge >= 0.3 is 0 Å². The number of amides is 1. The molecule has 0 saturated carbocycles. The summed E-state index contributed by atoms with van der Waals surface area (Å²) >= 11 is 0. The zero-order valence-electron chi connectivity index (χ0n) is 20.0. The largest absolute Gasteiger partial charge is 0.484 e. The second-order valence-corrected chi connectivity index (χ2v) is 8.36. The summed E-state index contributed by atoms with van der Waals surface area (Å²) in [7, 11) is 3.96. The van der Waals surface area contributed by atoms with E-state index in [4.69, 9.17) is 9.72 Å². The predicted octanol–water partition coefficient (Wildman–Crippen LogP) is 3.73. The topological polar surface area (TPSA) is 67.7 Å². The van der Waals surface area contributed by atoms with Gasteiger partial charge in [0.1, 0.15) is 11.6 Å². The van der Waals surface area contributed by atoms with Crippen molar-refractivity contribution in [2.45, 2.75) is 39.3 Å². The molecule has 1 amide bonds. The van der Waals surface area contributed by atoms with Gasteiger partial charge in [-0.3, -0.25) is 14.2 Å². The zero-order chi connectivity index (χ0) is 23.8. The molecule has 2 aromatic carbocycles. The Morgan fingerprint density at radius 1 is 1.03 bits per heavy atom. The standard InChI is InChI=1S/C26H34N4O3/c1-5-16-30-25(27-22-15-11-10-14-21(22)26(30)32)23(6-2)29(18-17-28(3)4)24(31)19-33-20-12-8-7-9-13-20/h7-15,23H,5-6,16-19H2,1-4H3. The van der Waals surface area contributed by atoms with Crippen LogP contribution in [0.2, 0.25) is 0 Å². The van der Waals surface area contributed by atoms with Crippen LogP contribution >= 0.6 is 0 Å². The molecule has 1 aromatic heterocycles. The third-order valence-electron chi connectivity index (χ3n) is 5.61. The number of aromatic nitrogens is 2. The number of hydrogen-bond donors (Lipinski definition) is 0. The van der Waals surface area contributed by atoms with Crippen LogP contribution < -0.4 is 10.3 Å². The summed E-state index contributed by atoms with van der Waals surface area (Å²) in [6.45, 7) is 5.75. The summed E-state index contributed by atoms with van der Waals surface area (Å²) in [5, 5.41) is 0.600. The number of carbonyl (C=O) groups is 1. The fourth-order valence-electron chi connectivity index (χ4n) is 3.93. The van der Waals surface area contributed by atoms with Gasteiger partial charge in [0, 0.05) is 19.6 Å². The molecule has 33 heavy (non-hydrogen) atoms. The third kappa shape index (κ3) is 5.99. The average Bonchev–Trinajstić information content (AvgIpc) is 2.82. The summed E-state index contributed by atoms with van der Waals surface area (Å²) in [6.07, 6.45) is 1.44. The van der Waals surface area contributed by atoms with Crippen LogP contribution in [0.25, 0.3) is 10.9 Å². The van der Waals surface area contributed by atoms with Gasteiger partial charge in [0.25, 0.3) is 11.5 Å². The van der Waals surface area contributed by atoms with E-state index in [0.29, 0.717) is 48.5 Å². The highest BCUT2D eigenvalue weighted by molar-refractivity contribution is 5.79. The Labute approximate surface area is 195 Å². The molecular formula is C26H34N4O3. The Balaban J connectivity index is 2.00.